The topological polar surface area (TPSA) is 9.23 Å². The molecule has 0 aliphatic rings. The Hall–Kier alpha value is -1.38. The molecule has 21 heavy (non-hydrogen) atoms. The summed E-state index contributed by atoms with van der Waals surface area (Å²) in [4.78, 5) is 0. The second-order valence-corrected chi connectivity index (χ2v) is 6.91. The summed E-state index contributed by atoms with van der Waals surface area (Å²) in [6.07, 6.45) is 6.35. The van der Waals surface area contributed by atoms with Crippen molar-refractivity contribution in [2.75, 3.05) is 6.61 Å². The van der Waals surface area contributed by atoms with Crippen molar-refractivity contribution in [2.45, 2.75) is 26.7 Å². The van der Waals surface area contributed by atoms with Gasteiger partial charge in [-0.05, 0) is 0 Å². The van der Waals surface area contributed by atoms with Gasteiger partial charge in [-0.1, -0.05) is 0 Å². The van der Waals surface area contributed by atoms with Gasteiger partial charge in [-0.25, -0.2) is 0 Å². The first-order chi connectivity index (χ1) is 10.2. The van der Waals surface area contributed by atoms with E-state index < -0.39 is 11.6 Å². The number of unbranched alkanes of at least 4 members (excludes halogenated alkanes) is 1. The molecule has 0 saturated heterocycles. The second-order valence-electron chi connectivity index (χ2n) is 4.57. The van der Waals surface area contributed by atoms with Gasteiger partial charge in [0.25, 0.3) is 0 Å². The van der Waals surface area contributed by atoms with Crippen molar-refractivity contribution in [2.24, 2.45) is 0 Å². The molecule has 0 spiro atoms. The molecule has 0 bridgehead atoms. The van der Waals surface area contributed by atoms with Gasteiger partial charge in [-0.3, -0.25) is 0 Å². The Bertz CT molecular complexity index is 632. The number of hydrogen-bond donors (Lipinski definition) is 0. The molecular formula is C17H18F2OSe. The standard InChI is InChI=1S/C17H18F2OSe/c1-3-5-6-7-12-8-11-15(21-12)13-9-10-14(20-4-2)17(19)16(13)18/h6-11H,3-5H2,1-2H3. The minimum atomic E-state index is -0.902. The van der Waals surface area contributed by atoms with Gasteiger partial charge in [-0.15, -0.1) is 0 Å². The van der Waals surface area contributed by atoms with Crippen molar-refractivity contribution in [1.82, 2.24) is 0 Å². The summed E-state index contributed by atoms with van der Waals surface area (Å²) in [7, 11) is 0. The van der Waals surface area contributed by atoms with Gasteiger partial charge < -0.3 is 0 Å². The van der Waals surface area contributed by atoms with Crippen molar-refractivity contribution >= 4 is 20.6 Å². The fourth-order valence-corrected chi connectivity index (χ4v) is 3.95. The Morgan fingerprint density at radius 3 is 2.62 bits per heavy atom. The Balaban J connectivity index is 2.28. The molecule has 0 aliphatic carbocycles. The Morgan fingerprint density at radius 1 is 1.10 bits per heavy atom. The maximum atomic E-state index is 14.1. The van der Waals surface area contributed by atoms with Crippen LogP contribution in [0.5, 0.6) is 5.75 Å². The van der Waals surface area contributed by atoms with Crippen LogP contribution in [0.3, 0.4) is 0 Å². The summed E-state index contributed by atoms with van der Waals surface area (Å²) in [5.41, 5.74) is 0.339. The van der Waals surface area contributed by atoms with Crippen LogP contribution in [0.2, 0.25) is 0 Å². The average molecular weight is 355 g/mol. The van der Waals surface area contributed by atoms with E-state index >= 15 is 0 Å². The summed E-state index contributed by atoms with van der Waals surface area (Å²) in [6, 6.07) is 6.96. The zero-order valence-corrected chi connectivity index (χ0v) is 13.9. The van der Waals surface area contributed by atoms with Crippen LogP contribution in [-0.4, -0.2) is 21.1 Å². The summed E-state index contributed by atoms with van der Waals surface area (Å²) in [5.74, 6) is -1.75. The number of ether oxygens (including phenoxy) is 1. The van der Waals surface area contributed by atoms with Crippen LogP contribution in [-0.2, 0) is 0 Å². The van der Waals surface area contributed by atoms with E-state index in [1.807, 2.05) is 12.1 Å². The first kappa shape index (κ1) is 16.0. The molecule has 0 N–H and O–H groups in total. The number of benzene rings is 1. The van der Waals surface area contributed by atoms with Crippen LogP contribution in [0.1, 0.15) is 31.1 Å². The number of rotatable bonds is 6. The zero-order chi connectivity index (χ0) is 15.2. The first-order valence-electron chi connectivity index (χ1n) is 7.04. The summed E-state index contributed by atoms with van der Waals surface area (Å²) in [6.45, 7) is 4.18. The molecule has 0 unspecified atom stereocenters. The van der Waals surface area contributed by atoms with Crippen molar-refractivity contribution in [3.8, 4) is 15.8 Å². The van der Waals surface area contributed by atoms with Gasteiger partial charge in [0.15, 0.2) is 0 Å². The molecule has 112 valence electrons. The van der Waals surface area contributed by atoms with Gasteiger partial charge in [0.2, 0.25) is 0 Å². The van der Waals surface area contributed by atoms with Crippen LogP contribution in [0.25, 0.3) is 16.1 Å². The number of halogens is 2. The number of allylic oxidation sites excluding steroid dienone is 1. The van der Waals surface area contributed by atoms with Crippen LogP contribution in [0.15, 0.2) is 30.3 Å². The molecule has 1 aromatic carbocycles. The Morgan fingerprint density at radius 2 is 1.90 bits per heavy atom. The van der Waals surface area contributed by atoms with E-state index in [4.69, 9.17) is 4.74 Å². The molecule has 0 radical (unpaired) electrons. The van der Waals surface area contributed by atoms with Gasteiger partial charge in [0.05, 0.1) is 0 Å². The fraction of sp³-hybridized carbons (Fsp3) is 0.294. The summed E-state index contributed by atoms with van der Waals surface area (Å²) < 4.78 is 35.1. The predicted molar refractivity (Wildman–Crippen MR) is 83.8 cm³/mol. The zero-order valence-electron chi connectivity index (χ0n) is 12.2. The van der Waals surface area contributed by atoms with Gasteiger partial charge >= 0.3 is 130 Å². The van der Waals surface area contributed by atoms with Crippen molar-refractivity contribution in [3.63, 3.8) is 0 Å². The van der Waals surface area contributed by atoms with E-state index in [0.29, 0.717) is 12.2 Å². The SMILES string of the molecule is CCCC=Cc1ccc(-c2ccc(OCC)c(F)c2F)[se]1. The van der Waals surface area contributed by atoms with Crippen LogP contribution in [0.4, 0.5) is 8.78 Å². The molecular weight excluding hydrogens is 337 g/mol. The van der Waals surface area contributed by atoms with E-state index in [2.05, 4.69) is 19.1 Å². The molecule has 0 fully saturated rings. The van der Waals surface area contributed by atoms with Crippen molar-refractivity contribution < 1.29 is 13.5 Å². The molecule has 0 aliphatic heterocycles. The quantitative estimate of drug-likeness (QED) is 0.670. The van der Waals surface area contributed by atoms with Gasteiger partial charge in [0, 0.05) is 0 Å². The normalized spacial score (nSPS) is 11.2. The Labute approximate surface area is 130 Å². The third-order valence-electron chi connectivity index (χ3n) is 2.98. The maximum absolute atomic E-state index is 14.1. The molecule has 0 atom stereocenters. The average Bonchev–Trinajstić information content (AvgIpc) is 2.93. The van der Waals surface area contributed by atoms with Crippen molar-refractivity contribution in [3.05, 3.63) is 46.4 Å². The third kappa shape index (κ3) is 3.84. The monoisotopic (exact) mass is 356 g/mol. The Kier molecular flexibility index (Phi) is 5.77. The molecule has 0 saturated carbocycles. The van der Waals surface area contributed by atoms with E-state index in [1.54, 1.807) is 13.0 Å². The second kappa shape index (κ2) is 7.58. The molecule has 0 amide bonds. The molecule has 2 aromatic rings. The van der Waals surface area contributed by atoms with Gasteiger partial charge in [0.1, 0.15) is 0 Å². The first-order valence-corrected chi connectivity index (χ1v) is 8.76. The van der Waals surface area contributed by atoms with Crippen LogP contribution >= 0.6 is 0 Å². The fourth-order valence-electron chi connectivity index (χ4n) is 1.94. The van der Waals surface area contributed by atoms with Crippen LogP contribution < -0.4 is 4.74 Å². The third-order valence-corrected chi connectivity index (χ3v) is 5.25. The molecule has 1 nitrogen and oxygen atoms in total. The predicted octanol–water partition coefficient (Wildman–Crippen LogP) is 4.90. The summed E-state index contributed by atoms with van der Waals surface area (Å²) >= 11 is 0.0185. The minimum absolute atomic E-state index is 0.0185. The van der Waals surface area contributed by atoms with Gasteiger partial charge in [-0.2, -0.15) is 0 Å². The van der Waals surface area contributed by atoms with Crippen molar-refractivity contribution in [1.29, 1.82) is 0 Å². The number of hydrogen-bond acceptors (Lipinski definition) is 1. The van der Waals surface area contributed by atoms with E-state index in [1.165, 1.54) is 10.5 Å². The molecule has 1 heterocycles. The molecule has 4 heteroatoms. The molecule has 1 aromatic heterocycles. The summed E-state index contributed by atoms with van der Waals surface area (Å²) in [5, 5.41) is 0. The van der Waals surface area contributed by atoms with Crippen LogP contribution in [0, 0.1) is 11.6 Å². The van der Waals surface area contributed by atoms with E-state index in [0.717, 1.165) is 17.3 Å². The van der Waals surface area contributed by atoms with E-state index in [-0.39, 0.29) is 20.3 Å². The molecule has 2 rings (SSSR count). The van der Waals surface area contributed by atoms with E-state index in [9.17, 15) is 8.78 Å².